The van der Waals surface area contributed by atoms with Crippen LogP contribution >= 0.6 is 0 Å². The van der Waals surface area contributed by atoms with Gasteiger partial charge in [0.05, 0.1) is 11.3 Å². The average Bonchev–Trinajstić information content (AvgIpc) is 3.03. The van der Waals surface area contributed by atoms with Crippen LogP contribution in [0.25, 0.3) is 0 Å². The molecular weight excluding hydrogens is 512 g/mol. The summed E-state index contributed by atoms with van der Waals surface area (Å²) in [5.74, 6) is -5.18. The largest absolute Gasteiger partial charge is 0.462 e. The molecule has 2 fully saturated rings. The predicted molar refractivity (Wildman–Crippen MR) is 135 cm³/mol. The number of hydrogen-bond donors (Lipinski definition) is 1. The Morgan fingerprint density at radius 2 is 1.51 bits per heavy atom. The van der Waals surface area contributed by atoms with Crippen molar-refractivity contribution in [1.29, 1.82) is 0 Å². The average molecular weight is 551 g/mol. The van der Waals surface area contributed by atoms with Gasteiger partial charge in [-0.25, -0.2) is 0 Å². The lowest BCUT2D eigenvalue weighted by atomic mass is 9.55. The van der Waals surface area contributed by atoms with Gasteiger partial charge in [-0.15, -0.1) is 0 Å². The number of ether oxygens (including phenoxy) is 5. The third kappa shape index (κ3) is 5.88. The smallest absolute Gasteiger partial charge is 0.312 e. The van der Waals surface area contributed by atoms with E-state index in [0.717, 1.165) is 0 Å². The molecule has 0 radical (unpaired) electrons. The van der Waals surface area contributed by atoms with Gasteiger partial charge >= 0.3 is 29.8 Å². The summed E-state index contributed by atoms with van der Waals surface area (Å²) < 4.78 is 28.2. The van der Waals surface area contributed by atoms with E-state index in [9.17, 15) is 29.1 Å². The molecular formula is C28H38O11. The molecule has 3 aliphatic rings. The molecule has 8 unspecified atom stereocenters. The number of carbonyl (C=O) groups excluding carboxylic acids is 5. The van der Waals surface area contributed by atoms with Gasteiger partial charge in [0.15, 0.2) is 11.7 Å². The minimum Gasteiger partial charge on any atom is -0.462 e. The molecule has 8 atom stereocenters. The van der Waals surface area contributed by atoms with Gasteiger partial charge in [0, 0.05) is 33.6 Å². The molecule has 3 rings (SSSR count). The van der Waals surface area contributed by atoms with Crippen molar-refractivity contribution >= 4 is 29.8 Å². The van der Waals surface area contributed by atoms with E-state index in [0.29, 0.717) is 24.0 Å². The molecule has 0 amide bonds. The molecule has 39 heavy (non-hydrogen) atoms. The molecule has 11 heteroatoms. The van der Waals surface area contributed by atoms with Gasteiger partial charge in [-0.05, 0) is 44.3 Å². The summed E-state index contributed by atoms with van der Waals surface area (Å²) in [6.07, 6.45) is -1.75. The maximum atomic E-state index is 12.9. The first-order chi connectivity index (χ1) is 18.1. The highest BCUT2D eigenvalue weighted by atomic mass is 16.6. The van der Waals surface area contributed by atoms with Crippen LogP contribution in [0.3, 0.4) is 0 Å². The van der Waals surface area contributed by atoms with Gasteiger partial charge in [0.1, 0.15) is 24.9 Å². The molecule has 0 spiro atoms. The zero-order chi connectivity index (χ0) is 29.3. The highest BCUT2D eigenvalue weighted by Crippen LogP contribution is 2.56. The molecule has 1 saturated heterocycles. The second-order valence-electron chi connectivity index (χ2n) is 10.9. The van der Waals surface area contributed by atoms with E-state index in [2.05, 4.69) is 6.58 Å². The second kappa shape index (κ2) is 11.5. The lowest BCUT2D eigenvalue weighted by Gasteiger charge is -2.55. The quantitative estimate of drug-likeness (QED) is 0.305. The number of esters is 5. The van der Waals surface area contributed by atoms with Crippen LogP contribution in [-0.4, -0.2) is 71.6 Å². The summed E-state index contributed by atoms with van der Waals surface area (Å²) in [5, 5.41) is 12.4. The third-order valence-electron chi connectivity index (χ3n) is 8.21. The SMILES string of the molecule is C=C1CCC(OC(C)=O)C2(C)C(OC(C)=O)CCC(COC(C)=O)=CC3OC(=O)C(C)C3(O)C(OC(C)=O)C12. The standard InChI is InChI=1S/C28H38O11/c1-14-8-10-21(36-17(4)30)27(7)22(37-18(5)31)11-9-20(13-35-16(3)29)12-23-28(34,15(2)26(33)39-23)25(24(14)27)38-19(6)32/h12,15,21-25,34H,1,8-11,13H2,2-7H3. The van der Waals surface area contributed by atoms with E-state index in [4.69, 9.17) is 23.7 Å². The lowest BCUT2D eigenvalue weighted by Crippen LogP contribution is -2.65. The van der Waals surface area contributed by atoms with E-state index in [1.807, 2.05) is 0 Å². The van der Waals surface area contributed by atoms with Crippen LogP contribution in [0.2, 0.25) is 0 Å². The molecule has 0 aromatic heterocycles. The van der Waals surface area contributed by atoms with Crippen molar-refractivity contribution in [2.75, 3.05) is 6.61 Å². The molecule has 1 aliphatic heterocycles. The number of rotatable bonds is 5. The van der Waals surface area contributed by atoms with Crippen molar-refractivity contribution < 1.29 is 52.8 Å². The van der Waals surface area contributed by atoms with Gasteiger partial charge in [-0.1, -0.05) is 19.1 Å². The first-order valence-corrected chi connectivity index (χ1v) is 13.1. The van der Waals surface area contributed by atoms with Crippen LogP contribution in [0.15, 0.2) is 23.8 Å². The van der Waals surface area contributed by atoms with E-state index in [1.165, 1.54) is 40.7 Å². The number of carbonyl (C=O) groups is 5. The van der Waals surface area contributed by atoms with Crippen LogP contribution in [0.5, 0.6) is 0 Å². The molecule has 1 N–H and O–H groups in total. The molecule has 0 aromatic carbocycles. The van der Waals surface area contributed by atoms with Crippen LogP contribution in [-0.2, 0) is 47.7 Å². The number of fused-ring (bicyclic) bond motifs is 2. The van der Waals surface area contributed by atoms with Crippen molar-refractivity contribution in [3.63, 3.8) is 0 Å². The summed E-state index contributed by atoms with van der Waals surface area (Å²) in [7, 11) is 0. The summed E-state index contributed by atoms with van der Waals surface area (Å²) in [6, 6.07) is 0. The maximum absolute atomic E-state index is 12.9. The minimum atomic E-state index is -2.09. The summed E-state index contributed by atoms with van der Waals surface area (Å²) in [6.45, 7) is 12.2. The fraction of sp³-hybridized carbons (Fsp3) is 0.679. The van der Waals surface area contributed by atoms with Crippen molar-refractivity contribution in [1.82, 2.24) is 0 Å². The molecule has 216 valence electrons. The topological polar surface area (TPSA) is 152 Å². The molecule has 1 saturated carbocycles. The van der Waals surface area contributed by atoms with E-state index >= 15 is 0 Å². The highest BCUT2D eigenvalue weighted by molar-refractivity contribution is 5.78. The van der Waals surface area contributed by atoms with E-state index in [1.54, 1.807) is 6.92 Å². The van der Waals surface area contributed by atoms with Crippen LogP contribution in [0.4, 0.5) is 0 Å². The van der Waals surface area contributed by atoms with Crippen molar-refractivity contribution in [2.45, 2.75) is 97.2 Å². The Morgan fingerprint density at radius 1 is 0.974 bits per heavy atom. The van der Waals surface area contributed by atoms with Crippen LogP contribution in [0.1, 0.15) is 67.2 Å². The Balaban J connectivity index is 2.33. The number of aliphatic hydroxyl groups is 1. The summed E-state index contributed by atoms with van der Waals surface area (Å²) >= 11 is 0. The van der Waals surface area contributed by atoms with Crippen molar-refractivity contribution in [3.05, 3.63) is 23.8 Å². The van der Waals surface area contributed by atoms with E-state index in [-0.39, 0.29) is 19.4 Å². The minimum absolute atomic E-state index is 0.168. The van der Waals surface area contributed by atoms with Gasteiger partial charge in [-0.3, -0.25) is 24.0 Å². The second-order valence-corrected chi connectivity index (χ2v) is 10.9. The van der Waals surface area contributed by atoms with Gasteiger partial charge in [0.25, 0.3) is 0 Å². The highest BCUT2D eigenvalue weighted by Gasteiger charge is 2.67. The Hall–Kier alpha value is -3.21. The first-order valence-electron chi connectivity index (χ1n) is 13.1. The zero-order valence-corrected chi connectivity index (χ0v) is 23.3. The fourth-order valence-corrected chi connectivity index (χ4v) is 6.32. The molecule has 0 bridgehead atoms. The molecule has 2 aliphatic carbocycles. The molecule has 11 nitrogen and oxygen atoms in total. The normalized spacial score (nSPS) is 36.3. The van der Waals surface area contributed by atoms with Crippen molar-refractivity contribution in [2.24, 2.45) is 17.3 Å². The molecule has 1 heterocycles. The predicted octanol–water partition coefficient (Wildman–Crippen LogP) is 2.33. The summed E-state index contributed by atoms with van der Waals surface area (Å²) in [5.41, 5.74) is -2.26. The van der Waals surface area contributed by atoms with Crippen molar-refractivity contribution in [3.8, 4) is 0 Å². The Kier molecular flexibility index (Phi) is 8.94. The monoisotopic (exact) mass is 550 g/mol. The van der Waals surface area contributed by atoms with Gasteiger partial charge < -0.3 is 28.8 Å². The fourth-order valence-electron chi connectivity index (χ4n) is 6.32. The van der Waals surface area contributed by atoms with Crippen LogP contribution in [0, 0.1) is 17.3 Å². The van der Waals surface area contributed by atoms with Crippen LogP contribution < -0.4 is 0 Å². The van der Waals surface area contributed by atoms with E-state index < -0.39 is 77.1 Å². The van der Waals surface area contributed by atoms with Gasteiger partial charge in [0.2, 0.25) is 0 Å². The molecule has 0 aromatic rings. The van der Waals surface area contributed by atoms with Gasteiger partial charge in [-0.2, -0.15) is 0 Å². The first kappa shape index (κ1) is 30.3. The maximum Gasteiger partial charge on any atom is 0.312 e. The number of hydrogen-bond acceptors (Lipinski definition) is 11. The Labute approximate surface area is 227 Å². The third-order valence-corrected chi connectivity index (χ3v) is 8.21. The zero-order valence-electron chi connectivity index (χ0n) is 23.3. The Bertz CT molecular complexity index is 1080. The lowest BCUT2D eigenvalue weighted by molar-refractivity contribution is -0.219. The summed E-state index contributed by atoms with van der Waals surface area (Å²) in [4.78, 5) is 61.5. The Morgan fingerprint density at radius 3 is 2.03 bits per heavy atom.